The normalized spacial score (nSPS) is 14.1. The Morgan fingerprint density at radius 1 is 1.50 bits per heavy atom. The van der Waals surface area contributed by atoms with Crippen molar-refractivity contribution in [2.24, 2.45) is 5.84 Å². The molecule has 12 heavy (non-hydrogen) atoms. The number of hydrogen-bond acceptors (Lipinski definition) is 3. The first-order valence-corrected chi connectivity index (χ1v) is 4.09. The number of nitrogens with two attached hydrogens (primary N) is 1. The first kappa shape index (κ1) is 7.58. The first-order chi connectivity index (χ1) is 5.92. The van der Waals surface area contributed by atoms with E-state index in [1.165, 1.54) is 5.56 Å². The van der Waals surface area contributed by atoms with E-state index in [2.05, 4.69) is 11.5 Å². The van der Waals surface area contributed by atoms with Crippen LogP contribution in [-0.4, -0.2) is 6.61 Å². The molecule has 0 unspecified atom stereocenters. The lowest BCUT2D eigenvalue weighted by atomic mass is 10.1. The molecular formula is C9H12N2O. The molecule has 1 heterocycles. The van der Waals surface area contributed by atoms with Crippen LogP contribution in [0.4, 0.5) is 0 Å². The molecule has 1 aliphatic rings. The lowest BCUT2D eigenvalue weighted by Gasteiger charge is -2.06. The fraction of sp³-hybridized carbons (Fsp3) is 0.333. The number of hydrogen-bond donors (Lipinski definition) is 2. The summed E-state index contributed by atoms with van der Waals surface area (Å²) in [5, 5.41) is 0. The van der Waals surface area contributed by atoms with E-state index < -0.39 is 0 Å². The molecule has 3 heteroatoms. The molecule has 0 aliphatic carbocycles. The van der Waals surface area contributed by atoms with Crippen molar-refractivity contribution in [3.63, 3.8) is 0 Å². The summed E-state index contributed by atoms with van der Waals surface area (Å²) in [5.74, 6) is 6.27. The van der Waals surface area contributed by atoms with Crippen molar-refractivity contribution in [2.75, 3.05) is 6.61 Å². The van der Waals surface area contributed by atoms with Gasteiger partial charge < -0.3 is 4.74 Å². The molecule has 0 fully saturated rings. The summed E-state index contributed by atoms with van der Waals surface area (Å²) in [6.07, 6.45) is 1.02. The Morgan fingerprint density at radius 2 is 2.42 bits per heavy atom. The van der Waals surface area contributed by atoms with Gasteiger partial charge in [-0.3, -0.25) is 11.3 Å². The third-order valence-electron chi connectivity index (χ3n) is 2.09. The van der Waals surface area contributed by atoms with Crippen molar-refractivity contribution in [1.29, 1.82) is 0 Å². The van der Waals surface area contributed by atoms with Gasteiger partial charge in [-0.15, -0.1) is 0 Å². The van der Waals surface area contributed by atoms with Crippen molar-refractivity contribution < 1.29 is 4.74 Å². The highest BCUT2D eigenvalue weighted by Gasteiger charge is 2.14. The fourth-order valence-corrected chi connectivity index (χ4v) is 1.53. The third-order valence-corrected chi connectivity index (χ3v) is 2.09. The van der Waals surface area contributed by atoms with Crippen molar-refractivity contribution in [2.45, 2.75) is 13.0 Å². The van der Waals surface area contributed by atoms with Crippen LogP contribution in [0.15, 0.2) is 18.2 Å². The van der Waals surface area contributed by atoms with Crippen molar-refractivity contribution in [3.8, 4) is 5.75 Å². The standard InChI is InChI=1S/C9H12N2O/c10-11-6-8-3-1-2-7-4-5-12-9(7)8/h1-3,11H,4-6,10H2. The van der Waals surface area contributed by atoms with E-state index in [4.69, 9.17) is 10.6 Å². The van der Waals surface area contributed by atoms with Gasteiger partial charge in [-0.2, -0.15) is 0 Å². The van der Waals surface area contributed by atoms with Crippen molar-refractivity contribution in [1.82, 2.24) is 5.43 Å². The molecule has 0 saturated heterocycles. The predicted octanol–water partition coefficient (Wildman–Crippen LogP) is 0.585. The zero-order valence-corrected chi connectivity index (χ0v) is 6.84. The molecule has 3 N–H and O–H groups in total. The summed E-state index contributed by atoms with van der Waals surface area (Å²) >= 11 is 0. The van der Waals surface area contributed by atoms with Crippen molar-refractivity contribution >= 4 is 0 Å². The van der Waals surface area contributed by atoms with Crippen LogP contribution < -0.4 is 16.0 Å². The van der Waals surface area contributed by atoms with E-state index in [1.807, 2.05) is 12.1 Å². The number of benzene rings is 1. The molecule has 0 aromatic heterocycles. The van der Waals surface area contributed by atoms with Crippen molar-refractivity contribution in [3.05, 3.63) is 29.3 Å². The van der Waals surface area contributed by atoms with Crippen LogP contribution in [0.5, 0.6) is 5.75 Å². The maximum atomic E-state index is 5.49. The van der Waals surface area contributed by atoms with E-state index in [0.717, 1.165) is 24.3 Å². The molecule has 64 valence electrons. The lowest BCUT2D eigenvalue weighted by molar-refractivity contribution is 0.352. The van der Waals surface area contributed by atoms with Gasteiger partial charge in [-0.25, -0.2) is 0 Å². The molecule has 0 bridgehead atoms. The molecule has 2 rings (SSSR count). The minimum Gasteiger partial charge on any atom is -0.493 e. The minimum absolute atomic E-state index is 0.670. The van der Waals surface area contributed by atoms with E-state index in [1.54, 1.807) is 0 Å². The van der Waals surface area contributed by atoms with E-state index in [0.29, 0.717) is 6.54 Å². The SMILES string of the molecule is NNCc1cccc2c1OCC2. The molecule has 0 amide bonds. The first-order valence-electron chi connectivity index (χ1n) is 4.09. The van der Waals surface area contributed by atoms with Crippen LogP contribution in [0, 0.1) is 0 Å². The van der Waals surface area contributed by atoms with Gasteiger partial charge in [0.15, 0.2) is 0 Å². The van der Waals surface area contributed by atoms with Gasteiger partial charge in [-0.05, 0) is 5.56 Å². The molecule has 1 aromatic rings. The Bertz CT molecular complexity index is 286. The Kier molecular flexibility index (Phi) is 1.98. The average Bonchev–Trinajstić information content (AvgIpc) is 2.53. The summed E-state index contributed by atoms with van der Waals surface area (Å²) in [6, 6.07) is 6.17. The summed E-state index contributed by atoms with van der Waals surface area (Å²) in [6.45, 7) is 1.47. The predicted molar refractivity (Wildman–Crippen MR) is 46.7 cm³/mol. The van der Waals surface area contributed by atoms with Crippen LogP contribution in [-0.2, 0) is 13.0 Å². The quantitative estimate of drug-likeness (QED) is 0.496. The average molecular weight is 164 g/mol. The molecule has 0 saturated carbocycles. The number of para-hydroxylation sites is 1. The zero-order valence-electron chi connectivity index (χ0n) is 6.84. The maximum Gasteiger partial charge on any atom is 0.127 e. The van der Waals surface area contributed by atoms with Gasteiger partial charge in [0.05, 0.1) is 6.61 Å². The highest BCUT2D eigenvalue weighted by atomic mass is 16.5. The highest BCUT2D eigenvalue weighted by Crippen LogP contribution is 2.28. The van der Waals surface area contributed by atoms with Crippen LogP contribution >= 0.6 is 0 Å². The monoisotopic (exact) mass is 164 g/mol. The van der Waals surface area contributed by atoms with E-state index >= 15 is 0 Å². The Hall–Kier alpha value is -1.06. The summed E-state index contributed by atoms with van der Waals surface area (Å²) in [7, 11) is 0. The largest absolute Gasteiger partial charge is 0.493 e. The van der Waals surface area contributed by atoms with E-state index in [-0.39, 0.29) is 0 Å². The second-order valence-corrected chi connectivity index (χ2v) is 2.88. The molecule has 0 radical (unpaired) electrons. The van der Waals surface area contributed by atoms with Gasteiger partial charge in [0, 0.05) is 18.5 Å². The zero-order chi connectivity index (χ0) is 8.39. The maximum absolute atomic E-state index is 5.49. The number of ether oxygens (including phenoxy) is 1. The minimum atomic E-state index is 0.670. The van der Waals surface area contributed by atoms with Gasteiger partial charge in [0.1, 0.15) is 5.75 Å². The number of fused-ring (bicyclic) bond motifs is 1. The fourth-order valence-electron chi connectivity index (χ4n) is 1.53. The Labute approximate surface area is 71.5 Å². The summed E-state index contributed by atoms with van der Waals surface area (Å²) in [4.78, 5) is 0. The molecular weight excluding hydrogens is 152 g/mol. The molecule has 0 spiro atoms. The van der Waals surface area contributed by atoms with Gasteiger partial charge >= 0.3 is 0 Å². The van der Waals surface area contributed by atoms with Gasteiger partial charge in [0.25, 0.3) is 0 Å². The smallest absolute Gasteiger partial charge is 0.127 e. The third kappa shape index (κ3) is 1.17. The van der Waals surface area contributed by atoms with Crippen LogP contribution in [0.25, 0.3) is 0 Å². The van der Waals surface area contributed by atoms with Crippen LogP contribution in [0.3, 0.4) is 0 Å². The topological polar surface area (TPSA) is 47.3 Å². The highest BCUT2D eigenvalue weighted by molar-refractivity contribution is 5.43. The Morgan fingerprint density at radius 3 is 3.25 bits per heavy atom. The summed E-state index contributed by atoms with van der Waals surface area (Å²) < 4.78 is 5.49. The summed E-state index contributed by atoms with van der Waals surface area (Å²) in [5.41, 5.74) is 5.07. The number of rotatable bonds is 2. The van der Waals surface area contributed by atoms with Crippen LogP contribution in [0.1, 0.15) is 11.1 Å². The van der Waals surface area contributed by atoms with Crippen LogP contribution in [0.2, 0.25) is 0 Å². The van der Waals surface area contributed by atoms with Gasteiger partial charge in [-0.1, -0.05) is 18.2 Å². The molecule has 0 atom stereocenters. The number of hydrazine groups is 1. The van der Waals surface area contributed by atoms with Gasteiger partial charge in [0.2, 0.25) is 0 Å². The lowest BCUT2D eigenvalue weighted by Crippen LogP contribution is -2.21. The molecule has 1 aliphatic heterocycles. The molecule has 3 nitrogen and oxygen atoms in total. The second-order valence-electron chi connectivity index (χ2n) is 2.88. The molecule has 1 aromatic carbocycles. The van der Waals surface area contributed by atoms with E-state index in [9.17, 15) is 0 Å². The second kappa shape index (κ2) is 3.13. The number of nitrogens with one attached hydrogen (secondary N) is 1. The Balaban J connectivity index is 2.36.